The molecule has 0 atom stereocenters. The summed E-state index contributed by atoms with van der Waals surface area (Å²) < 4.78 is 13.4. The normalized spacial score (nSPS) is 10.8. The highest BCUT2D eigenvalue weighted by molar-refractivity contribution is 5.59. The van der Waals surface area contributed by atoms with E-state index in [1.165, 1.54) is 6.07 Å². The van der Waals surface area contributed by atoms with Crippen molar-refractivity contribution in [2.75, 3.05) is 6.54 Å². The van der Waals surface area contributed by atoms with Gasteiger partial charge in [0.05, 0.1) is 18.4 Å². The Morgan fingerprint density at radius 3 is 2.94 bits per heavy atom. The van der Waals surface area contributed by atoms with Gasteiger partial charge in [0, 0.05) is 5.56 Å². The van der Waals surface area contributed by atoms with Gasteiger partial charge in [-0.1, -0.05) is 19.1 Å². The monoisotopic (exact) mass is 233 g/mol. The first-order chi connectivity index (χ1) is 8.20. The largest absolute Gasteiger partial charge is 0.341 e. The van der Waals surface area contributed by atoms with Gasteiger partial charge in [-0.25, -0.2) is 9.37 Å². The third-order valence-corrected chi connectivity index (χ3v) is 2.65. The summed E-state index contributed by atoms with van der Waals surface area (Å²) in [6.45, 7) is 5.39. The molecular formula is C13H16FN3. The fraction of sp³-hybridized carbons (Fsp3) is 0.308. The molecule has 0 aliphatic rings. The molecule has 1 aromatic heterocycles. The summed E-state index contributed by atoms with van der Waals surface area (Å²) >= 11 is 0. The van der Waals surface area contributed by atoms with Crippen LogP contribution in [0, 0.1) is 12.7 Å². The molecule has 0 aliphatic heterocycles. The summed E-state index contributed by atoms with van der Waals surface area (Å²) in [6.07, 6.45) is 1.73. The number of nitrogens with zero attached hydrogens (tertiary/aromatic N) is 1. The summed E-state index contributed by atoms with van der Waals surface area (Å²) in [5.41, 5.74) is 2.32. The van der Waals surface area contributed by atoms with Gasteiger partial charge in [0.2, 0.25) is 0 Å². The lowest BCUT2D eigenvalue weighted by Crippen LogP contribution is -2.12. The van der Waals surface area contributed by atoms with Crippen molar-refractivity contribution < 1.29 is 4.39 Å². The SMILES string of the molecule is CCNCc1ncc(-c2ccc(C)c(F)c2)[nH]1. The van der Waals surface area contributed by atoms with Crippen molar-refractivity contribution >= 4 is 0 Å². The lowest BCUT2D eigenvalue weighted by atomic mass is 10.1. The van der Waals surface area contributed by atoms with E-state index in [2.05, 4.69) is 15.3 Å². The second-order valence-electron chi connectivity index (χ2n) is 3.99. The first-order valence-electron chi connectivity index (χ1n) is 5.72. The number of imidazole rings is 1. The molecule has 0 radical (unpaired) electrons. The van der Waals surface area contributed by atoms with Crippen LogP contribution in [0.1, 0.15) is 18.3 Å². The summed E-state index contributed by atoms with van der Waals surface area (Å²) in [6, 6.07) is 5.19. The van der Waals surface area contributed by atoms with Crippen LogP contribution < -0.4 is 5.32 Å². The summed E-state index contributed by atoms with van der Waals surface area (Å²) in [5.74, 6) is 0.674. The molecule has 0 fully saturated rings. The zero-order valence-electron chi connectivity index (χ0n) is 10.0. The van der Waals surface area contributed by atoms with Gasteiger partial charge in [-0.15, -0.1) is 0 Å². The van der Waals surface area contributed by atoms with Crippen molar-refractivity contribution in [3.05, 3.63) is 41.6 Å². The number of aromatic amines is 1. The van der Waals surface area contributed by atoms with Crippen LogP contribution in [0.5, 0.6) is 0 Å². The van der Waals surface area contributed by atoms with E-state index in [-0.39, 0.29) is 5.82 Å². The predicted octanol–water partition coefficient (Wildman–Crippen LogP) is 2.63. The fourth-order valence-electron chi connectivity index (χ4n) is 1.60. The number of H-pyrrole nitrogens is 1. The molecule has 2 aromatic rings. The molecule has 1 aromatic carbocycles. The number of aromatic nitrogens is 2. The molecule has 0 saturated carbocycles. The van der Waals surface area contributed by atoms with Crippen LogP contribution in [-0.4, -0.2) is 16.5 Å². The topological polar surface area (TPSA) is 40.7 Å². The number of nitrogens with one attached hydrogen (secondary N) is 2. The average molecular weight is 233 g/mol. The molecule has 3 nitrogen and oxygen atoms in total. The van der Waals surface area contributed by atoms with Crippen LogP contribution in [-0.2, 0) is 6.54 Å². The van der Waals surface area contributed by atoms with E-state index in [9.17, 15) is 4.39 Å². The minimum Gasteiger partial charge on any atom is -0.341 e. The van der Waals surface area contributed by atoms with Crippen molar-refractivity contribution in [2.45, 2.75) is 20.4 Å². The van der Waals surface area contributed by atoms with Gasteiger partial charge in [-0.3, -0.25) is 0 Å². The van der Waals surface area contributed by atoms with Crippen LogP contribution in [0.25, 0.3) is 11.3 Å². The minimum absolute atomic E-state index is 0.190. The number of aryl methyl sites for hydroxylation is 1. The van der Waals surface area contributed by atoms with Crippen LogP contribution in [0.2, 0.25) is 0 Å². The summed E-state index contributed by atoms with van der Waals surface area (Å²) in [4.78, 5) is 7.41. The Kier molecular flexibility index (Phi) is 3.54. The molecule has 0 unspecified atom stereocenters. The van der Waals surface area contributed by atoms with Crippen LogP contribution in [0.3, 0.4) is 0 Å². The average Bonchev–Trinajstić information content (AvgIpc) is 2.79. The maximum Gasteiger partial charge on any atom is 0.126 e. The van der Waals surface area contributed by atoms with Crippen LogP contribution in [0.15, 0.2) is 24.4 Å². The molecule has 4 heteroatoms. The molecule has 2 rings (SSSR count). The van der Waals surface area contributed by atoms with Crippen LogP contribution >= 0.6 is 0 Å². The molecule has 1 heterocycles. The third kappa shape index (κ3) is 2.71. The molecule has 0 saturated heterocycles. The Balaban J connectivity index is 2.21. The lowest BCUT2D eigenvalue weighted by molar-refractivity contribution is 0.619. The maximum atomic E-state index is 13.4. The quantitative estimate of drug-likeness (QED) is 0.852. The number of rotatable bonds is 4. The van der Waals surface area contributed by atoms with Crippen LogP contribution in [0.4, 0.5) is 4.39 Å². The highest BCUT2D eigenvalue weighted by Crippen LogP contribution is 2.19. The van der Waals surface area contributed by atoms with E-state index in [1.54, 1.807) is 19.2 Å². The molecule has 17 heavy (non-hydrogen) atoms. The Hall–Kier alpha value is -1.68. The van der Waals surface area contributed by atoms with Gasteiger partial charge < -0.3 is 10.3 Å². The molecule has 90 valence electrons. The van der Waals surface area contributed by atoms with E-state index < -0.39 is 0 Å². The molecule has 0 bridgehead atoms. The standard InChI is InChI=1S/C13H16FN3/c1-3-15-8-13-16-7-12(17-13)10-5-4-9(2)11(14)6-10/h4-7,15H,3,8H2,1-2H3,(H,16,17). The molecular weight excluding hydrogens is 217 g/mol. The van der Waals surface area contributed by atoms with E-state index in [0.717, 1.165) is 23.6 Å². The van der Waals surface area contributed by atoms with Gasteiger partial charge in [0.15, 0.2) is 0 Å². The van der Waals surface area contributed by atoms with Crippen molar-refractivity contribution in [3.8, 4) is 11.3 Å². The minimum atomic E-state index is -0.190. The maximum absolute atomic E-state index is 13.4. The number of halogens is 1. The number of benzene rings is 1. The van der Waals surface area contributed by atoms with E-state index in [1.807, 2.05) is 13.0 Å². The number of hydrogen-bond donors (Lipinski definition) is 2. The van der Waals surface area contributed by atoms with E-state index >= 15 is 0 Å². The molecule has 0 aliphatic carbocycles. The van der Waals surface area contributed by atoms with Gasteiger partial charge >= 0.3 is 0 Å². The third-order valence-electron chi connectivity index (χ3n) is 2.65. The Morgan fingerprint density at radius 1 is 1.41 bits per heavy atom. The Labute approximate surface area is 100 Å². The lowest BCUT2D eigenvalue weighted by Gasteiger charge is -2.01. The Morgan fingerprint density at radius 2 is 2.24 bits per heavy atom. The van der Waals surface area contributed by atoms with Gasteiger partial charge in [-0.05, 0) is 25.1 Å². The fourth-order valence-corrected chi connectivity index (χ4v) is 1.60. The molecule has 0 spiro atoms. The Bertz CT molecular complexity index is 505. The van der Waals surface area contributed by atoms with Crippen molar-refractivity contribution in [3.63, 3.8) is 0 Å². The summed E-state index contributed by atoms with van der Waals surface area (Å²) in [7, 11) is 0. The van der Waals surface area contributed by atoms with E-state index in [4.69, 9.17) is 0 Å². The second kappa shape index (κ2) is 5.10. The number of hydrogen-bond acceptors (Lipinski definition) is 2. The highest BCUT2D eigenvalue weighted by Gasteiger charge is 2.05. The zero-order chi connectivity index (χ0) is 12.3. The van der Waals surface area contributed by atoms with Crippen molar-refractivity contribution in [2.24, 2.45) is 0 Å². The van der Waals surface area contributed by atoms with Gasteiger partial charge in [0.1, 0.15) is 11.6 Å². The van der Waals surface area contributed by atoms with Gasteiger partial charge in [0.25, 0.3) is 0 Å². The molecule has 2 N–H and O–H groups in total. The van der Waals surface area contributed by atoms with E-state index in [0.29, 0.717) is 12.1 Å². The van der Waals surface area contributed by atoms with Crippen molar-refractivity contribution in [1.82, 2.24) is 15.3 Å². The smallest absolute Gasteiger partial charge is 0.126 e. The van der Waals surface area contributed by atoms with Crippen molar-refractivity contribution in [1.29, 1.82) is 0 Å². The van der Waals surface area contributed by atoms with Gasteiger partial charge in [-0.2, -0.15) is 0 Å². The highest BCUT2D eigenvalue weighted by atomic mass is 19.1. The zero-order valence-corrected chi connectivity index (χ0v) is 10.0. The second-order valence-corrected chi connectivity index (χ2v) is 3.99. The predicted molar refractivity (Wildman–Crippen MR) is 66.1 cm³/mol. The first kappa shape index (κ1) is 11.8. The first-order valence-corrected chi connectivity index (χ1v) is 5.72. The molecule has 0 amide bonds. The summed E-state index contributed by atoms with van der Waals surface area (Å²) in [5, 5.41) is 3.18.